The molecule has 0 atom stereocenters. The fraction of sp³-hybridized carbons (Fsp3) is 0.158. The summed E-state index contributed by atoms with van der Waals surface area (Å²) in [5, 5.41) is 10.8. The van der Waals surface area contributed by atoms with E-state index in [1.807, 2.05) is 30.3 Å². The number of aromatic nitrogens is 2. The first-order valence-electron chi connectivity index (χ1n) is 8.34. The highest BCUT2D eigenvalue weighted by Gasteiger charge is 2.11. The lowest BCUT2D eigenvalue weighted by Crippen LogP contribution is -2.25. The number of nitro benzene ring substituents is 1. The first-order chi connectivity index (χ1) is 13.0. The van der Waals surface area contributed by atoms with E-state index >= 15 is 0 Å². The number of anilines is 1. The monoisotopic (exact) mass is 366 g/mol. The highest BCUT2D eigenvalue weighted by molar-refractivity contribution is 5.73. The maximum atomic E-state index is 12.1. The topological polar surface area (TPSA) is 113 Å². The van der Waals surface area contributed by atoms with Crippen molar-refractivity contribution in [2.45, 2.75) is 13.0 Å². The van der Waals surface area contributed by atoms with Gasteiger partial charge in [-0.05, 0) is 36.2 Å². The van der Waals surface area contributed by atoms with Crippen LogP contribution in [-0.4, -0.2) is 21.1 Å². The van der Waals surface area contributed by atoms with Crippen LogP contribution in [-0.2, 0) is 6.54 Å². The van der Waals surface area contributed by atoms with Gasteiger partial charge in [0.15, 0.2) is 0 Å². The zero-order chi connectivity index (χ0) is 19.2. The Labute approximate surface area is 155 Å². The van der Waals surface area contributed by atoms with E-state index in [-0.39, 0.29) is 11.5 Å². The van der Waals surface area contributed by atoms with Gasteiger partial charge >= 0.3 is 5.69 Å². The zero-order valence-electron chi connectivity index (χ0n) is 14.4. The minimum Gasteiger partial charge on any atom is -0.494 e. The summed E-state index contributed by atoms with van der Waals surface area (Å²) in [4.78, 5) is 26.2. The Morgan fingerprint density at radius 2 is 1.81 bits per heavy atom. The van der Waals surface area contributed by atoms with Crippen LogP contribution >= 0.6 is 0 Å². The fourth-order valence-corrected chi connectivity index (χ4v) is 2.59. The summed E-state index contributed by atoms with van der Waals surface area (Å²) in [7, 11) is 0. The maximum absolute atomic E-state index is 12.1. The third-order valence-electron chi connectivity index (χ3n) is 3.97. The Morgan fingerprint density at radius 1 is 1.11 bits per heavy atom. The van der Waals surface area contributed by atoms with Crippen LogP contribution in [0.15, 0.2) is 65.6 Å². The SMILES string of the molecule is Nc1nc(=O)n(CCCOc2ccccc2)cc1-c1ccc([N+](=O)[O-])cc1. The number of ether oxygens (including phenoxy) is 1. The second kappa shape index (κ2) is 8.13. The van der Waals surface area contributed by atoms with Crippen LogP contribution in [0.2, 0.25) is 0 Å². The van der Waals surface area contributed by atoms with E-state index in [0.29, 0.717) is 30.7 Å². The number of hydrogen-bond donors (Lipinski definition) is 1. The summed E-state index contributed by atoms with van der Waals surface area (Å²) in [5.41, 5.74) is 6.61. The summed E-state index contributed by atoms with van der Waals surface area (Å²) >= 11 is 0. The highest BCUT2D eigenvalue weighted by atomic mass is 16.6. The summed E-state index contributed by atoms with van der Waals surface area (Å²) < 4.78 is 7.08. The number of para-hydroxylation sites is 1. The molecule has 27 heavy (non-hydrogen) atoms. The maximum Gasteiger partial charge on any atom is 0.349 e. The molecule has 1 aromatic heterocycles. The molecule has 1 heterocycles. The number of nitrogen functional groups attached to an aromatic ring is 1. The van der Waals surface area contributed by atoms with Gasteiger partial charge in [-0.1, -0.05) is 18.2 Å². The number of nitrogens with two attached hydrogens (primary N) is 1. The van der Waals surface area contributed by atoms with Crippen LogP contribution in [0.1, 0.15) is 6.42 Å². The molecule has 8 nitrogen and oxygen atoms in total. The van der Waals surface area contributed by atoms with E-state index in [4.69, 9.17) is 10.5 Å². The normalized spacial score (nSPS) is 10.5. The van der Waals surface area contributed by atoms with Crippen molar-refractivity contribution in [3.8, 4) is 16.9 Å². The molecule has 0 saturated carbocycles. The standard InChI is InChI=1S/C19H18N4O4/c20-18-17(14-7-9-15(10-8-14)23(25)26)13-22(19(24)21-18)11-4-12-27-16-5-2-1-3-6-16/h1-3,5-10,13H,4,11-12H2,(H2,20,21,24). The van der Waals surface area contributed by atoms with Crippen LogP contribution in [0.4, 0.5) is 11.5 Å². The third-order valence-corrected chi connectivity index (χ3v) is 3.97. The predicted octanol–water partition coefficient (Wildman–Crippen LogP) is 2.87. The minimum absolute atomic E-state index is 0.0170. The van der Waals surface area contributed by atoms with Gasteiger partial charge in [0.1, 0.15) is 11.6 Å². The van der Waals surface area contributed by atoms with Crippen molar-refractivity contribution in [2.24, 2.45) is 0 Å². The van der Waals surface area contributed by atoms with E-state index in [2.05, 4.69) is 4.98 Å². The molecule has 3 aromatic rings. The number of non-ortho nitro benzene ring substituents is 1. The summed E-state index contributed by atoms with van der Waals surface area (Å²) in [6, 6.07) is 15.4. The quantitative estimate of drug-likeness (QED) is 0.391. The van der Waals surface area contributed by atoms with Crippen molar-refractivity contribution in [1.29, 1.82) is 0 Å². The molecule has 0 amide bonds. The molecule has 0 bridgehead atoms. The van der Waals surface area contributed by atoms with Crippen molar-refractivity contribution in [2.75, 3.05) is 12.3 Å². The molecule has 0 aliphatic carbocycles. The molecule has 2 N–H and O–H groups in total. The van der Waals surface area contributed by atoms with E-state index in [0.717, 1.165) is 5.75 Å². The average molecular weight is 366 g/mol. The van der Waals surface area contributed by atoms with Crippen molar-refractivity contribution < 1.29 is 9.66 Å². The second-order valence-electron chi connectivity index (χ2n) is 5.83. The largest absolute Gasteiger partial charge is 0.494 e. The van der Waals surface area contributed by atoms with Gasteiger partial charge in [0.05, 0.1) is 11.5 Å². The molecule has 0 fully saturated rings. The summed E-state index contributed by atoms with van der Waals surface area (Å²) in [6.45, 7) is 0.868. The van der Waals surface area contributed by atoms with E-state index in [1.165, 1.54) is 16.7 Å². The van der Waals surface area contributed by atoms with Crippen molar-refractivity contribution in [1.82, 2.24) is 9.55 Å². The fourth-order valence-electron chi connectivity index (χ4n) is 2.59. The Bertz CT molecular complexity index is 985. The van der Waals surface area contributed by atoms with Gasteiger partial charge in [-0.3, -0.25) is 14.7 Å². The number of nitro groups is 1. The molecule has 0 aliphatic heterocycles. The Hall–Kier alpha value is -3.68. The lowest BCUT2D eigenvalue weighted by atomic mass is 10.1. The van der Waals surface area contributed by atoms with Gasteiger partial charge in [0, 0.05) is 30.4 Å². The molecule has 0 radical (unpaired) electrons. The van der Waals surface area contributed by atoms with Gasteiger partial charge in [-0.25, -0.2) is 4.79 Å². The molecule has 0 spiro atoms. The first-order valence-corrected chi connectivity index (χ1v) is 8.34. The molecule has 0 saturated heterocycles. The average Bonchev–Trinajstić information content (AvgIpc) is 2.67. The lowest BCUT2D eigenvalue weighted by molar-refractivity contribution is -0.384. The molecule has 8 heteroatoms. The van der Waals surface area contributed by atoms with Crippen LogP contribution in [0, 0.1) is 10.1 Å². The van der Waals surface area contributed by atoms with Gasteiger partial charge < -0.3 is 10.5 Å². The second-order valence-corrected chi connectivity index (χ2v) is 5.83. The van der Waals surface area contributed by atoms with Gasteiger partial charge in [-0.15, -0.1) is 0 Å². The zero-order valence-corrected chi connectivity index (χ0v) is 14.4. The van der Waals surface area contributed by atoms with Crippen molar-refractivity contribution >= 4 is 11.5 Å². The highest BCUT2D eigenvalue weighted by Crippen LogP contribution is 2.25. The Balaban J connectivity index is 1.72. The van der Waals surface area contributed by atoms with Gasteiger partial charge in [0.2, 0.25) is 0 Å². The molecular formula is C19H18N4O4. The van der Waals surface area contributed by atoms with Crippen LogP contribution in [0.25, 0.3) is 11.1 Å². The van der Waals surface area contributed by atoms with Gasteiger partial charge in [-0.2, -0.15) is 4.98 Å². The van der Waals surface area contributed by atoms with E-state index in [9.17, 15) is 14.9 Å². The van der Waals surface area contributed by atoms with Crippen LogP contribution in [0.3, 0.4) is 0 Å². The number of nitrogens with zero attached hydrogens (tertiary/aromatic N) is 3. The predicted molar refractivity (Wildman–Crippen MR) is 102 cm³/mol. The summed E-state index contributed by atoms with van der Waals surface area (Å²) in [5.74, 6) is 0.859. The number of hydrogen-bond acceptors (Lipinski definition) is 6. The molecule has 0 aliphatic rings. The number of aryl methyl sites for hydroxylation is 1. The summed E-state index contributed by atoms with van der Waals surface area (Å²) in [6.07, 6.45) is 2.23. The van der Waals surface area contributed by atoms with E-state index < -0.39 is 10.6 Å². The first kappa shape index (κ1) is 18.1. The molecular weight excluding hydrogens is 348 g/mol. The van der Waals surface area contributed by atoms with Crippen molar-refractivity contribution in [3.05, 3.63) is 81.4 Å². The third kappa shape index (κ3) is 4.49. The molecule has 0 unspecified atom stereocenters. The minimum atomic E-state index is -0.473. The molecule has 3 rings (SSSR count). The smallest absolute Gasteiger partial charge is 0.349 e. The molecule has 138 valence electrons. The number of rotatable bonds is 7. The van der Waals surface area contributed by atoms with Crippen LogP contribution < -0.4 is 16.2 Å². The Morgan fingerprint density at radius 3 is 2.48 bits per heavy atom. The van der Waals surface area contributed by atoms with E-state index in [1.54, 1.807) is 18.3 Å². The Kier molecular flexibility index (Phi) is 5.46. The molecule has 2 aromatic carbocycles. The van der Waals surface area contributed by atoms with Gasteiger partial charge in [0.25, 0.3) is 5.69 Å². The van der Waals surface area contributed by atoms with Crippen molar-refractivity contribution in [3.63, 3.8) is 0 Å². The van der Waals surface area contributed by atoms with Crippen LogP contribution in [0.5, 0.6) is 5.75 Å². The number of benzene rings is 2. The lowest BCUT2D eigenvalue weighted by Gasteiger charge is -2.11.